The number of esters is 1. The van der Waals surface area contributed by atoms with Gasteiger partial charge in [0, 0.05) is 5.41 Å². The minimum Gasteiger partial charge on any atom is -0.432 e. The van der Waals surface area contributed by atoms with Crippen LogP contribution >= 0.6 is 0 Å². The molecule has 8 fully saturated rings. The van der Waals surface area contributed by atoms with Gasteiger partial charge in [-0.3, -0.25) is 4.79 Å². The average Bonchev–Trinajstić information content (AvgIpc) is 3.39. The molecule has 14 N–H and O–H groups in total. The number of rotatable bonds is 12. The highest BCUT2D eigenvalue weighted by Crippen LogP contribution is 2.76. The fourth-order valence-electron chi connectivity index (χ4n) is 16.2. The molecule has 4 saturated carbocycles. The first-order valence-electron chi connectivity index (χ1n) is 27.4. The number of hydrogen-bond donors (Lipinski definition) is 14. The van der Waals surface area contributed by atoms with Crippen LogP contribution in [0.25, 0.3) is 0 Å². The van der Waals surface area contributed by atoms with E-state index < -0.39 is 166 Å². The third-order valence-corrected chi connectivity index (χ3v) is 21.2. The highest BCUT2D eigenvalue weighted by Gasteiger charge is 2.71. The van der Waals surface area contributed by atoms with Crippen LogP contribution in [-0.4, -0.2) is 233 Å². The van der Waals surface area contributed by atoms with Crippen molar-refractivity contribution in [2.75, 3.05) is 33.0 Å². The molecule has 9 rings (SSSR count). The molecule has 0 aromatic heterocycles. The zero-order chi connectivity index (χ0) is 55.4. The van der Waals surface area contributed by atoms with Crippen LogP contribution in [0.1, 0.15) is 106 Å². The Bertz CT molecular complexity index is 2080. The lowest BCUT2D eigenvalue weighted by atomic mass is 9.33. The molecule has 28 atom stereocenters. The maximum atomic E-state index is 14.8. The first-order chi connectivity index (χ1) is 35.7. The van der Waals surface area contributed by atoms with Gasteiger partial charge in [0.1, 0.15) is 91.6 Å². The highest BCUT2D eigenvalue weighted by atomic mass is 16.8. The van der Waals surface area contributed by atoms with Crippen molar-refractivity contribution in [3.63, 3.8) is 0 Å². The summed E-state index contributed by atoms with van der Waals surface area (Å²) >= 11 is 0. The maximum absolute atomic E-state index is 14.8. The van der Waals surface area contributed by atoms with E-state index in [1.54, 1.807) is 0 Å². The van der Waals surface area contributed by atoms with Crippen molar-refractivity contribution < 1.29 is 114 Å². The molecule has 0 radical (unpaired) electrons. The third-order valence-electron chi connectivity index (χ3n) is 21.2. The number of aliphatic hydroxyl groups excluding tert-OH is 14. The predicted molar refractivity (Wildman–Crippen MR) is 258 cm³/mol. The molecule has 436 valence electrons. The van der Waals surface area contributed by atoms with Crippen LogP contribution in [0, 0.1) is 50.2 Å². The first kappa shape index (κ1) is 59.0. The number of carbonyl (C=O) groups excluding carboxylic acids is 1. The second kappa shape index (κ2) is 21.6. The van der Waals surface area contributed by atoms with Gasteiger partial charge in [0.25, 0.3) is 0 Å². The van der Waals surface area contributed by atoms with Crippen LogP contribution in [-0.2, 0) is 42.7 Å². The average molecular weight is 1090 g/mol. The van der Waals surface area contributed by atoms with Crippen molar-refractivity contribution >= 4 is 5.97 Å². The zero-order valence-corrected chi connectivity index (χ0v) is 44.4. The molecule has 5 aliphatic carbocycles. The number of ether oxygens (including phenoxy) is 8. The van der Waals surface area contributed by atoms with Crippen LogP contribution in [0.15, 0.2) is 11.6 Å². The summed E-state index contributed by atoms with van der Waals surface area (Å²) in [5, 5.41) is 149. The Morgan fingerprint density at radius 2 is 1.11 bits per heavy atom. The monoisotopic (exact) mass is 1090 g/mol. The number of fused-ring (bicyclic) bond motifs is 7. The molecule has 0 bridgehead atoms. The lowest BCUT2D eigenvalue weighted by Gasteiger charge is -2.71. The Morgan fingerprint density at radius 3 is 1.66 bits per heavy atom. The molecule has 0 aromatic rings. The number of hydrogen-bond acceptors (Lipinski definition) is 23. The minimum atomic E-state index is -1.91. The van der Waals surface area contributed by atoms with Crippen molar-refractivity contribution in [2.24, 2.45) is 50.2 Å². The van der Waals surface area contributed by atoms with Gasteiger partial charge >= 0.3 is 5.97 Å². The van der Waals surface area contributed by atoms with Crippen LogP contribution in [0.2, 0.25) is 0 Å². The van der Waals surface area contributed by atoms with Gasteiger partial charge in [-0.25, -0.2) is 0 Å². The molecule has 9 aliphatic rings. The van der Waals surface area contributed by atoms with Crippen LogP contribution in [0.4, 0.5) is 0 Å². The van der Waals surface area contributed by atoms with E-state index in [4.69, 9.17) is 37.9 Å². The summed E-state index contributed by atoms with van der Waals surface area (Å²) < 4.78 is 48.5. The van der Waals surface area contributed by atoms with Gasteiger partial charge in [0.2, 0.25) is 6.29 Å². The van der Waals surface area contributed by atoms with Gasteiger partial charge < -0.3 is 109 Å². The van der Waals surface area contributed by atoms with E-state index in [0.29, 0.717) is 51.4 Å². The molecule has 4 heterocycles. The van der Waals surface area contributed by atoms with Gasteiger partial charge in [-0.1, -0.05) is 53.2 Å². The summed E-state index contributed by atoms with van der Waals surface area (Å²) in [5.74, 6) is -0.790. The normalized spacial score (nSPS) is 54.3. The topological polar surface area (TPSA) is 374 Å². The molecule has 0 spiro atoms. The lowest BCUT2D eigenvalue weighted by molar-refractivity contribution is -0.390. The maximum Gasteiger partial charge on any atom is 0.315 e. The molecular weight excluding hydrogens is 1000 g/mol. The van der Waals surface area contributed by atoms with Gasteiger partial charge in [-0.15, -0.1) is 0 Å². The van der Waals surface area contributed by atoms with Gasteiger partial charge in [-0.2, -0.15) is 0 Å². The molecular formula is C53H86O23. The third kappa shape index (κ3) is 9.46. The Morgan fingerprint density at radius 1 is 0.579 bits per heavy atom. The number of allylic oxidation sites excluding steroid dienone is 2. The van der Waals surface area contributed by atoms with Crippen molar-refractivity contribution in [1.29, 1.82) is 0 Å². The van der Waals surface area contributed by atoms with E-state index in [0.717, 1.165) is 12.8 Å². The van der Waals surface area contributed by atoms with Crippen molar-refractivity contribution in [1.82, 2.24) is 0 Å². The SMILES string of the molecule is CC1(C)CCC2(C(=O)O[C@@H]3O[C@H](CO)[C@@H](O)[C@@H](O)[C@H]3O)CCC3(C)C(=CCC4C5(C)CCC(O[C@@H]6OC[C@@H](O)[C@@H](O[C@@H]7O[C@H](CO)[C@@H](O)[C@@H](O)[C@H]7O)[C@H]6O[C@@H]6O[C@H](CO)[C@@H](O)[C@@H](O)[C@H]6O)C(C)(CO)C5CCC43C)C2C1. The molecule has 9 unspecified atom stereocenters. The van der Waals surface area contributed by atoms with Crippen molar-refractivity contribution in [3.8, 4) is 0 Å². The van der Waals surface area contributed by atoms with E-state index in [1.165, 1.54) is 5.57 Å². The van der Waals surface area contributed by atoms with Crippen molar-refractivity contribution in [3.05, 3.63) is 11.6 Å². The first-order valence-corrected chi connectivity index (χ1v) is 27.4. The molecule has 23 nitrogen and oxygen atoms in total. The van der Waals surface area contributed by atoms with E-state index in [-0.39, 0.29) is 46.0 Å². The van der Waals surface area contributed by atoms with Gasteiger partial charge in [0.05, 0.1) is 44.6 Å². The van der Waals surface area contributed by atoms with E-state index in [1.807, 2.05) is 6.92 Å². The summed E-state index contributed by atoms with van der Waals surface area (Å²) in [7, 11) is 0. The Labute approximate surface area is 442 Å². The Hall–Kier alpha value is -1.63. The standard InChI is InChI=1S/C53H86O23/c1-48(2)13-15-53(47(68)76-45-40(67)37(64)34(61)28(20-56)72-45)16-14-51(5)23(24(53)17-48)7-8-30-49(3)11-10-31(50(4,22-57)29(49)9-12-52(30,51)6)73-46-42(75-44-39(66)36(63)33(60)27(19-55)71-44)41(25(58)21-69-46)74-43-38(65)35(62)32(59)26(18-54)70-43/h7,24-46,54-67H,8-22H2,1-6H3/t24?,25-,26-,27-,28-,29?,30?,31?,32-,33-,34-,35-,36-,37-,38-,39-,40-,41-,42-,43+,44+,45+,46+,49?,50?,51?,52?,53?/m1/s1. The van der Waals surface area contributed by atoms with Crippen molar-refractivity contribution in [2.45, 2.75) is 229 Å². The molecule has 0 amide bonds. The fourth-order valence-corrected chi connectivity index (χ4v) is 16.2. The summed E-state index contributed by atoms with van der Waals surface area (Å²) in [4.78, 5) is 14.8. The summed E-state index contributed by atoms with van der Waals surface area (Å²) in [6, 6.07) is 0. The zero-order valence-electron chi connectivity index (χ0n) is 44.4. The lowest BCUT2D eigenvalue weighted by Crippen LogP contribution is -2.67. The predicted octanol–water partition coefficient (Wildman–Crippen LogP) is -2.42. The van der Waals surface area contributed by atoms with Gasteiger partial charge in [-0.05, 0) is 104 Å². The second-order valence-corrected chi connectivity index (χ2v) is 25.7. The molecule has 76 heavy (non-hydrogen) atoms. The Kier molecular flexibility index (Phi) is 16.8. The minimum absolute atomic E-state index is 0.101. The quantitative estimate of drug-likeness (QED) is 0.0549. The number of aliphatic hydroxyl groups is 14. The fraction of sp³-hybridized carbons (Fsp3) is 0.943. The molecule has 0 aromatic carbocycles. The smallest absolute Gasteiger partial charge is 0.315 e. The summed E-state index contributed by atoms with van der Waals surface area (Å²) in [5.41, 5.74) is -1.85. The van der Waals surface area contributed by atoms with E-state index >= 15 is 0 Å². The van der Waals surface area contributed by atoms with Crippen LogP contribution < -0.4 is 0 Å². The highest BCUT2D eigenvalue weighted by molar-refractivity contribution is 5.79. The molecule has 4 aliphatic heterocycles. The summed E-state index contributed by atoms with van der Waals surface area (Å²) in [6.45, 7) is 10.4. The van der Waals surface area contributed by atoms with Crippen LogP contribution in [0.3, 0.4) is 0 Å². The molecule has 23 heteroatoms. The Balaban J connectivity index is 0.990. The van der Waals surface area contributed by atoms with E-state index in [2.05, 4.69) is 40.7 Å². The van der Waals surface area contributed by atoms with Crippen LogP contribution in [0.5, 0.6) is 0 Å². The number of carbonyl (C=O) groups is 1. The second-order valence-electron chi connectivity index (χ2n) is 25.7. The largest absolute Gasteiger partial charge is 0.432 e. The van der Waals surface area contributed by atoms with Gasteiger partial charge in [0.15, 0.2) is 18.9 Å². The molecule has 4 saturated heterocycles. The summed E-state index contributed by atoms with van der Waals surface area (Å²) in [6.07, 6.45) is -23.5. The van der Waals surface area contributed by atoms with E-state index in [9.17, 15) is 76.3 Å².